The highest BCUT2D eigenvalue weighted by Gasteiger charge is 2.45. The van der Waals surface area contributed by atoms with Crippen LogP contribution in [0.4, 0.5) is 4.79 Å². The van der Waals surface area contributed by atoms with Crippen LogP contribution in [0.2, 0.25) is 0 Å². The highest BCUT2D eigenvalue weighted by Crippen LogP contribution is 2.26. The van der Waals surface area contributed by atoms with Crippen molar-refractivity contribution in [3.8, 4) is 5.75 Å². The van der Waals surface area contributed by atoms with Gasteiger partial charge in [-0.3, -0.25) is 9.69 Å². The third kappa shape index (κ3) is 2.32. The summed E-state index contributed by atoms with van der Waals surface area (Å²) in [5.74, 6) is 0.247. The number of amides is 3. The van der Waals surface area contributed by atoms with E-state index in [0.717, 1.165) is 4.90 Å². The molecule has 118 valence electrons. The molecule has 0 spiro atoms. The molecule has 9 heteroatoms. The van der Waals surface area contributed by atoms with Crippen LogP contribution in [-0.2, 0) is 14.8 Å². The highest BCUT2D eigenvalue weighted by molar-refractivity contribution is 7.89. The minimum atomic E-state index is -3.62. The normalized spacial score (nSPS) is 20.0. The minimum absolute atomic E-state index is 0.0272. The van der Waals surface area contributed by atoms with Gasteiger partial charge >= 0.3 is 6.03 Å². The van der Waals surface area contributed by atoms with Crippen molar-refractivity contribution in [2.24, 2.45) is 0 Å². The van der Waals surface area contributed by atoms with Gasteiger partial charge < -0.3 is 10.1 Å². The van der Waals surface area contributed by atoms with Gasteiger partial charge in [-0.2, -0.15) is 4.31 Å². The van der Waals surface area contributed by atoms with Gasteiger partial charge in [0.15, 0.2) is 0 Å². The predicted octanol–water partition coefficient (Wildman–Crippen LogP) is -0.380. The molecule has 2 fully saturated rings. The Bertz CT molecular complexity index is 694. The van der Waals surface area contributed by atoms with E-state index in [4.69, 9.17) is 4.74 Å². The molecular formula is C13H15N3O5S. The predicted molar refractivity (Wildman–Crippen MR) is 75.8 cm³/mol. The number of carbonyl (C=O) groups is 2. The number of carbonyl (C=O) groups excluding carboxylic acids is 2. The lowest BCUT2D eigenvalue weighted by Crippen LogP contribution is -2.62. The van der Waals surface area contributed by atoms with Gasteiger partial charge in [-0.1, -0.05) is 0 Å². The van der Waals surface area contributed by atoms with Crippen LogP contribution in [0.3, 0.4) is 0 Å². The van der Waals surface area contributed by atoms with Gasteiger partial charge in [0.25, 0.3) is 0 Å². The Balaban J connectivity index is 1.70. The van der Waals surface area contributed by atoms with Crippen LogP contribution >= 0.6 is 0 Å². The van der Waals surface area contributed by atoms with Crippen LogP contribution in [0.25, 0.3) is 0 Å². The molecule has 0 saturated carbocycles. The molecule has 0 atom stereocenters. The van der Waals surface area contributed by atoms with Crippen molar-refractivity contribution in [2.75, 3.05) is 26.7 Å². The quantitative estimate of drug-likeness (QED) is 0.761. The number of ether oxygens (including phenoxy) is 1. The molecule has 22 heavy (non-hydrogen) atoms. The van der Waals surface area contributed by atoms with E-state index in [9.17, 15) is 18.0 Å². The van der Waals surface area contributed by atoms with E-state index < -0.39 is 22.1 Å². The Morgan fingerprint density at radius 2 is 1.82 bits per heavy atom. The van der Waals surface area contributed by atoms with Gasteiger partial charge in [0.05, 0.1) is 24.6 Å². The first-order chi connectivity index (χ1) is 10.4. The number of benzene rings is 1. The summed E-state index contributed by atoms with van der Waals surface area (Å²) in [6.07, 6.45) is 0. The van der Waals surface area contributed by atoms with E-state index >= 15 is 0 Å². The summed E-state index contributed by atoms with van der Waals surface area (Å²) in [7, 11) is -2.11. The summed E-state index contributed by atoms with van der Waals surface area (Å²) < 4.78 is 31.1. The number of sulfonamides is 1. The molecule has 3 amide bonds. The van der Waals surface area contributed by atoms with Crippen LogP contribution in [0.1, 0.15) is 0 Å². The second kappa shape index (κ2) is 5.25. The first kappa shape index (κ1) is 14.8. The molecule has 0 unspecified atom stereocenters. The van der Waals surface area contributed by atoms with Gasteiger partial charge in [0, 0.05) is 13.1 Å². The number of nitrogens with zero attached hydrogens (tertiary/aromatic N) is 2. The highest BCUT2D eigenvalue weighted by atomic mass is 32.2. The molecule has 0 aliphatic carbocycles. The Morgan fingerprint density at radius 1 is 1.18 bits per heavy atom. The van der Waals surface area contributed by atoms with E-state index in [1.54, 1.807) is 12.1 Å². The first-order valence-corrected chi connectivity index (χ1v) is 8.11. The Labute approximate surface area is 127 Å². The summed E-state index contributed by atoms with van der Waals surface area (Å²) in [6, 6.07) is 5.22. The first-order valence-electron chi connectivity index (χ1n) is 6.67. The van der Waals surface area contributed by atoms with Crippen molar-refractivity contribution in [3.63, 3.8) is 0 Å². The van der Waals surface area contributed by atoms with Crippen LogP contribution in [0, 0.1) is 0 Å². The SMILES string of the molecule is COc1ccc(S(=O)(=O)N2CC(N3C(=O)CNC3=O)C2)cc1. The fourth-order valence-electron chi connectivity index (χ4n) is 2.48. The zero-order chi connectivity index (χ0) is 15.9. The van der Waals surface area contributed by atoms with Crippen LogP contribution in [-0.4, -0.2) is 62.3 Å². The third-order valence-electron chi connectivity index (χ3n) is 3.77. The number of methoxy groups -OCH3 is 1. The number of hydrogen-bond acceptors (Lipinski definition) is 5. The number of nitrogens with one attached hydrogen (secondary N) is 1. The van der Waals surface area contributed by atoms with Crippen molar-refractivity contribution in [3.05, 3.63) is 24.3 Å². The van der Waals surface area contributed by atoms with Gasteiger partial charge in [-0.05, 0) is 24.3 Å². The fraction of sp³-hybridized carbons (Fsp3) is 0.385. The average molecular weight is 325 g/mol. The van der Waals surface area contributed by atoms with E-state index in [-0.39, 0.29) is 30.4 Å². The number of imide groups is 1. The van der Waals surface area contributed by atoms with Gasteiger partial charge in [0.1, 0.15) is 5.75 Å². The van der Waals surface area contributed by atoms with Crippen LogP contribution in [0.5, 0.6) is 5.75 Å². The zero-order valence-corrected chi connectivity index (χ0v) is 12.7. The van der Waals surface area contributed by atoms with Crippen molar-refractivity contribution in [2.45, 2.75) is 10.9 Å². The third-order valence-corrected chi connectivity index (χ3v) is 5.62. The number of rotatable bonds is 4. The second-order valence-corrected chi connectivity index (χ2v) is 7.01. The molecular weight excluding hydrogens is 310 g/mol. The molecule has 2 aliphatic rings. The van der Waals surface area contributed by atoms with Crippen LogP contribution in [0.15, 0.2) is 29.2 Å². The van der Waals surface area contributed by atoms with Crippen molar-refractivity contribution >= 4 is 22.0 Å². The lowest BCUT2D eigenvalue weighted by molar-refractivity contribution is -0.128. The summed E-state index contributed by atoms with van der Waals surface area (Å²) in [6.45, 7) is 0.210. The van der Waals surface area contributed by atoms with E-state index in [1.165, 1.54) is 23.5 Å². The molecule has 2 aliphatic heterocycles. The lowest BCUT2D eigenvalue weighted by Gasteiger charge is -2.41. The minimum Gasteiger partial charge on any atom is -0.497 e. The maximum absolute atomic E-state index is 12.4. The van der Waals surface area contributed by atoms with E-state index in [2.05, 4.69) is 5.32 Å². The van der Waals surface area contributed by atoms with Crippen molar-refractivity contribution < 1.29 is 22.7 Å². The topological polar surface area (TPSA) is 96.0 Å². The number of hydrogen-bond donors (Lipinski definition) is 1. The maximum atomic E-state index is 12.4. The molecule has 0 radical (unpaired) electrons. The van der Waals surface area contributed by atoms with E-state index in [0.29, 0.717) is 5.75 Å². The monoisotopic (exact) mass is 325 g/mol. The Kier molecular flexibility index (Phi) is 3.53. The summed E-state index contributed by atoms with van der Waals surface area (Å²) in [5.41, 5.74) is 0. The smallest absolute Gasteiger partial charge is 0.324 e. The molecule has 1 aromatic rings. The number of urea groups is 1. The molecule has 2 saturated heterocycles. The molecule has 2 heterocycles. The average Bonchev–Trinajstić information content (AvgIpc) is 2.78. The largest absolute Gasteiger partial charge is 0.497 e. The standard InChI is InChI=1S/C13H15N3O5S/c1-21-10-2-4-11(5-3-10)22(19,20)15-7-9(8-15)16-12(17)6-14-13(16)18/h2-5,9H,6-8H2,1H3,(H,14,18). The van der Waals surface area contributed by atoms with Gasteiger partial charge in [-0.15, -0.1) is 0 Å². The molecule has 0 aromatic heterocycles. The zero-order valence-electron chi connectivity index (χ0n) is 11.9. The molecule has 1 N–H and O–H groups in total. The molecule has 1 aromatic carbocycles. The molecule has 8 nitrogen and oxygen atoms in total. The van der Waals surface area contributed by atoms with Crippen molar-refractivity contribution in [1.29, 1.82) is 0 Å². The summed E-state index contributed by atoms with van der Waals surface area (Å²) in [5, 5.41) is 2.42. The summed E-state index contributed by atoms with van der Waals surface area (Å²) >= 11 is 0. The maximum Gasteiger partial charge on any atom is 0.324 e. The Morgan fingerprint density at radius 3 is 2.32 bits per heavy atom. The Hall–Kier alpha value is -2.13. The molecule has 0 bridgehead atoms. The van der Waals surface area contributed by atoms with Gasteiger partial charge in [-0.25, -0.2) is 13.2 Å². The fourth-order valence-corrected chi connectivity index (χ4v) is 3.99. The van der Waals surface area contributed by atoms with E-state index in [1.807, 2.05) is 0 Å². The lowest BCUT2D eigenvalue weighted by atomic mass is 10.1. The second-order valence-electron chi connectivity index (χ2n) is 5.07. The van der Waals surface area contributed by atoms with Gasteiger partial charge in [0.2, 0.25) is 15.9 Å². The summed E-state index contributed by atoms with van der Waals surface area (Å²) in [4.78, 5) is 24.4. The van der Waals surface area contributed by atoms with Crippen molar-refractivity contribution in [1.82, 2.24) is 14.5 Å². The van der Waals surface area contributed by atoms with Crippen LogP contribution < -0.4 is 10.1 Å². The molecule has 3 rings (SSSR count).